The molecule has 1 N–H and O–H groups in total. The molecular formula is C12H14ClNO2. The Morgan fingerprint density at radius 1 is 1.19 bits per heavy atom. The number of ether oxygens (including phenoxy) is 2. The molecule has 3 rings (SSSR count). The third kappa shape index (κ3) is 1.64. The summed E-state index contributed by atoms with van der Waals surface area (Å²) in [7, 11) is 0. The first-order valence-corrected chi connectivity index (χ1v) is 6.04. The highest BCUT2D eigenvalue weighted by Gasteiger charge is 2.22. The molecule has 0 aromatic heterocycles. The summed E-state index contributed by atoms with van der Waals surface area (Å²) >= 11 is 6.26. The highest BCUT2D eigenvalue weighted by atomic mass is 35.5. The van der Waals surface area contributed by atoms with E-state index in [2.05, 4.69) is 5.32 Å². The topological polar surface area (TPSA) is 30.5 Å². The van der Waals surface area contributed by atoms with Crippen molar-refractivity contribution >= 4 is 11.6 Å². The van der Waals surface area contributed by atoms with Crippen LogP contribution in [0.15, 0.2) is 6.07 Å². The van der Waals surface area contributed by atoms with E-state index in [9.17, 15) is 0 Å². The van der Waals surface area contributed by atoms with Gasteiger partial charge < -0.3 is 14.8 Å². The molecule has 86 valence electrons. The number of benzene rings is 1. The zero-order valence-electron chi connectivity index (χ0n) is 9.01. The lowest BCUT2D eigenvalue weighted by Gasteiger charge is -2.22. The lowest BCUT2D eigenvalue weighted by atomic mass is 9.99. The van der Waals surface area contributed by atoms with E-state index in [0.29, 0.717) is 6.61 Å². The number of hydrogen-bond acceptors (Lipinski definition) is 3. The van der Waals surface area contributed by atoms with Crippen LogP contribution in [-0.2, 0) is 13.0 Å². The van der Waals surface area contributed by atoms with Crippen LogP contribution in [0.1, 0.15) is 17.5 Å². The van der Waals surface area contributed by atoms with Crippen LogP contribution >= 0.6 is 11.6 Å². The molecule has 1 aromatic rings. The van der Waals surface area contributed by atoms with Crippen molar-refractivity contribution < 1.29 is 9.47 Å². The van der Waals surface area contributed by atoms with Gasteiger partial charge in [0.1, 0.15) is 0 Å². The van der Waals surface area contributed by atoms with Gasteiger partial charge in [-0.15, -0.1) is 0 Å². The monoisotopic (exact) mass is 239 g/mol. The van der Waals surface area contributed by atoms with Crippen molar-refractivity contribution in [2.75, 3.05) is 19.8 Å². The quantitative estimate of drug-likeness (QED) is 0.753. The van der Waals surface area contributed by atoms with Gasteiger partial charge in [0.25, 0.3) is 0 Å². The predicted octanol–water partition coefficient (Wildman–Crippen LogP) is 2.15. The molecule has 0 radical (unpaired) electrons. The van der Waals surface area contributed by atoms with Crippen molar-refractivity contribution in [3.63, 3.8) is 0 Å². The van der Waals surface area contributed by atoms with Gasteiger partial charge in [-0.1, -0.05) is 11.6 Å². The van der Waals surface area contributed by atoms with Crippen molar-refractivity contribution in [2.45, 2.75) is 19.4 Å². The fraction of sp³-hybridized carbons (Fsp3) is 0.500. The third-order valence-electron chi connectivity index (χ3n) is 3.05. The number of rotatable bonds is 0. The van der Waals surface area contributed by atoms with Crippen LogP contribution in [0.5, 0.6) is 11.5 Å². The van der Waals surface area contributed by atoms with Crippen LogP contribution < -0.4 is 14.8 Å². The summed E-state index contributed by atoms with van der Waals surface area (Å²) in [5.41, 5.74) is 2.39. The molecule has 0 aliphatic carbocycles. The second kappa shape index (κ2) is 4.15. The molecule has 16 heavy (non-hydrogen) atoms. The van der Waals surface area contributed by atoms with E-state index >= 15 is 0 Å². The molecule has 2 heterocycles. The minimum Gasteiger partial charge on any atom is -0.489 e. The SMILES string of the molecule is Clc1cc2c(c3c1CNCC3)OCCCO2. The van der Waals surface area contributed by atoms with Gasteiger partial charge >= 0.3 is 0 Å². The average molecular weight is 240 g/mol. The van der Waals surface area contributed by atoms with Gasteiger partial charge in [-0.05, 0) is 18.5 Å². The van der Waals surface area contributed by atoms with Crippen molar-refractivity contribution in [1.82, 2.24) is 5.32 Å². The maximum atomic E-state index is 6.26. The minimum absolute atomic E-state index is 0.709. The minimum atomic E-state index is 0.709. The van der Waals surface area contributed by atoms with Gasteiger partial charge in [0.15, 0.2) is 11.5 Å². The van der Waals surface area contributed by atoms with Crippen molar-refractivity contribution in [1.29, 1.82) is 0 Å². The molecular weight excluding hydrogens is 226 g/mol. The first kappa shape index (κ1) is 10.2. The lowest BCUT2D eigenvalue weighted by Crippen LogP contribution is -2.24. The molecule has 4 heteroatoms. The molecule has 0 saturated carbocycles. The molecule has 0 atom stereocenters. The van der Waals surface area contributed by atoms with E-state index in [0.717, 1.165) is 54.6 Å². The normalized spacial score (nSPS) is 18.8. The van der Waals surface area contributed by atoms with Crippen LogP contribution in [0.4, 0.5) is 0 Å². The summed E-state index contributed by atoms with van der Waals surface area (Å²) < 4.78 is 11.5. The molecule has 0 unspecified atom stereocenters. The van der Waals surface area contributed by atoms with E-state index in [1.54, 1.807) is 0 Å². The fourth-order valence-electron chi connectivity index (χ4n) is 2.26. The summed E-state index contributed by atoms with van der Waals surface area (Å²) in [6, 6.07) is 1.88. The zero-order chi connectivity index (χ0) is 11.0. The third-order valence-corrected chi connectivity index (χ3v) is 3.39. The van der Waals surface area contributed by atoms with Crippen molar-refractivity contribution in [3.8, 4) is 11.5 Å². The van der Waals surface area contributed by atoms with Crippen LogP contribution in [0.2, 0.25) is 5.02 Å². The van der Waals surface area contributed by atoms with Crippen LogP contribution in [0.3, 0.4) is 0 Å². The second-order valence-corrected chi connectivity index (χ2v) is 4.53. The highest BCUT2D eigenvalue weighted by molar-refractivity contribution is 6.31. The number of halogens is 1. The summed E-state index contributed by atoms with van der Waals surface area (Å²) in [4.78, 5) is 0. The van der Waals surface area contributed by atoms with Gasteiger partial charge in [0.2, 0.25) is 0 Å². The van der Waals surface area contributed by atoms with E-state index in [1.165, 1.54) is 5.56 Å². The molecule has 0 spiro atoms. The van der Waals surface area contributed by atoms with Crippen molar-refractivity contribution in [2.24, 2.45) is 0 Å². The van der Waals surface area contributed by atoms with E-state index in [1.807, 2.05) is 6.07 Å². The largest absolute Gasteiger partial charge is 0.489 e. The summed E-state index contributed by atoms with van der Waals surface area (Å²) in [5.74, 6) is 1.72. The molecule has 0 amide bonds. The van der Waals surface area contributed by atoms with E-state index in [4.69, 9.17) is 21.1 Å². The molecule has 1 aromatic carbocycles. The Kier molecular flexibility index (Phi) is 2.65. The Bertz CT molecular complexity index is 420. The Balaban J connectivity index is 2.14. The highest BCUT2D eigenvalue weighted by Crippen LogP contribution is 2.40. The maximum absolute atomic E-state index is 6.26. The van der Waals surface area contributed by atoms with Crippen LogP contribution in [0.25, 0.3) is 0 Å². The van der Waals surface area contributed by atoms with Crippen LogP contribution in [0, 0.1) is 0 Å². The Labute approximate surface area is 99.7 Å². The summed E-state index contributed by atoms with van der Waals surface area (Å²) in [6.07, 6.45) is 1.89. The van der Waals surface area contributed by atoms with Crippen molar-refractivity contribution in [3.05, 3.63) is 22.2 Å². The molecule has 3 nitrogen and oxygen atoms in total. The summed E-state index contributed by atoms with van der Waals surface area (Å²) in [6.45, 7) is 3.24. The molecule has 0 fully saturated rings. The molecule has 0 saturated heterocycles. The average Bonchev–Trinajstić information content (AvgIpc) is 2.55. The molecule has 0 bridgehead atoms. The number of hydrogen-bond donors (Lipinski definition) is 1. The van der Waals surface area contributed by atoms with E-state index < -0.39 is 0 Å². The van der Waals surface area contributed by atoms with Gasteiger partial charge in [-0.25, -0.2) is 0 Å². The lowest BCUT2D eigenvalue weighted by molar-refractivity contribution is 0.296. The Morgan fingerprint density at radius 2 is 2.06 bits per heavy atom. The smallest absolute Gasteiger partial charge is 0.164 e. The predicted molar refractivity (Wildman–Crippen MR) is 62.5 cm³/mol. The van der Waals surface area contributed by atoms with Gasteiger partial charge in [0.05, 0.1) is 13.2 Å². The van der Waals surface area contributed by atoms with Gasteiger partial charge in [-0.2, -0.15) is 0 Å². The number of fused-ring (bicyclic) bond motifs is 3. The standard InChI is InChI=1S/C12H14ClNO2/c13-10-6-11-12(16-5-1-4-15-11)8-2-3-14-7-9(8)10/h6,14H,1-5,7H2. The maximum Gasteiger partial charge on any atom is 0.164 e. The van der Waals surface area contributed by atoms with E-state index in [-0.39, 0.29) is 0 Å². The van der Waals surface area contributed by atoms with Crippen LogP contribution in [-0.4, -0.2) is 19.8 Å². The van der Waals surface area contributed by atoms with Gasteiger partial charge in [0, 0.05) is 29.6 Å². The molecule has 2 aliphatic heterocycles. The zero-order valence-corrected chi connectivity index (χ0v) is 9.77. The first-order chi connectivity index (χ1) is 7.86. The second-order valence-electron chi connectivity index (χ2n) is 4.12. The van der Waals surface area contributed by atoms with Gasteiger partial charge in [-0.3, -0.25) is 0 Å². The fourth-order valence-corrected chi connectivity index (χ4v) is 2.54. The number of nitrogens with one attached hydrogen (secondary N) is 1. The molecule has 2 aliphatic rings. The summed E-state index contributed by atoms with van der Waals surface area (Å²) in [5, 5.41) is 4.11. The Morgan fingerprint density at radius 3 is 3.00 bits per heavy atom. The first-order valence-electron chi connectivity index (χ1n) is 5.67. The Hall–Kier alpha value is -0.930.